The summed E-state index contributed by atoms with van der Waals surface area (Å²) in [5.74, 6) is -0.366. The van der Waals surface area contributed by atoms with Crippen molar-refractivity contribution in [1.82, 2.24) is 4.90 Å². The Balaban J connectivity index is 4.82. The van der Waals surface area contributed by atoms with E-state index in [1.807, 2.05) is 0 Å². The Labute approximate surface area is 72.8 Å². The fraction of sp³-hybridized carbons (Fsp3) is 0.875. The molecule has 4 nitrogen and oxygen atoms in total. The zero-order valence-corrected chi connectivity index (χ0v) is 8.25. The molecule has 0 radical (unpaired) electrons. The molecule has 12 heavy (non-hydrogen) atoms. The topological polar surface area (TPSA) is 60.8 Å². The monoisotopic (exact) mass is 175 g/mol. The van der Waals surface area contributed by atoms with E-state index < -0.39 is 11.4 Å². The minimum atomic E-state index is -1.34. The molecule has 4 heteroatoms. The minimum Gasteiger partial charge on any atom is -0.371 e. The number of carbonyl (C=O) groups is 1. The highest BCUT2D eigenvalue weighted by atomic mass is 16.4. The minimum absolute atomic E-state index is 0.366. The van der Waals surface area contributed by atoms with E-state index >= 15 is 0 Å². The van der Waals surface area contributed by atoms with Crippen molar-refractivity contribution < 1.29 is 15.0 Å². The summed E-state index contributed by atoms with van der Waals surface area (Å²) in [5, 5.41) is 19.1. The van der Waals surface area contributed by atoms with Gasteiger partial charge in [-0.2, -0.15) is 0 Å². The predicted octanol–water partition coefficient (Wildman–Crippen LogP) is 0.292. The van der Waals surface area contributed by atoms with Crippen molar-refractivity contribution in [3.05, 3.63) is 0 Å². The van der Waals surface area contributed by atoms with Crippen LogP contribution < -0.4 is 0 Å². The lowest BCUT2D eigenvalue weighted by Crippen LogP contribution is -2.57. The number of hydrogen-bond donors (Lipinski definition) is 2. The van der Waals surface area contributed by atoms with Crippen LogP contribution in [0.25, 0.3) is 0 Å². The van der Waals surface area contributed by atoms with E-state index in [1.54, 1.807) is 0 Å². The molecule has 0 aliphatic carbocycles. The maximum atomic E-state index is 11.0. The van der Waals surface area contributed by atoms with Gasteiger partial charge < -0.3 is 10.2 Å². The van der Waals surface area contributed by atoms with Gasteiger partial charge in [-0.3, -0.25) is 9.69 Å². The predicted molar refractivity (Wildman–Crippen MR) is 45.1 cm³/mol. The lowest BCUT2D eigenvalue weighted by Gasteiger charge is -2.41. The van der Waals surface area contributed by atoms with E-state index in [9.17, 15) is 15.0 Å². The molecule has 0 unspecified atom stereocenters. The van der Waals surface area contributed by atoms with E-state index in [0.29, 0.717) is 0 Å². The van der Waals surface area contributed by atoms with E-state index in [2.05, 4.69) is 0 Å². The smallest absolute Gasteiger partial charge is 0.223 e. The van der Waals surface area contributed by atoms with E-state index in [4.69, 9.17) is 0 Å². The lowest BCUT2D eigenvalue weighted by atomic mass is 10.1. The van der Waals surface area contributed by atoms with Crippen LogP contribution >= 0.6 is 0 Å². The summed E-state index contributed by atoms with van der Waals surface area (Å²) in [6.45, 7) is 7.10. The Kier molecular flexibility index (Phi) is 2.88. The number of nitrogens with zero attached hydrogens (tertiary/aromatic N) is 1. The molecule has 0 aromatic heterocycles. The van der Waals surface area contributed by atoms with E-state index in [1.165, 1.54) is 34.6 Å². The highest BCUT2D eigenvalue weighted by Gasteiger charge is 2.36. The molecule has 0 rings (SSSR count). The summed E-state index contributed by atoms with van der Waals surface area (Å²) in [6.07, 6.45) is 0. The van der Waals surface area contributed by atoms with Crippen molar-refractivity contribution >= 4 is 5.91 Å². The molecule has 0 aliphatic heterocycles. The Morgan fingerprint density at radius 2 is 1.33 bits per heavy atom. The molecule has 0 saturated carbocycles. The summed E-state index contributed by atoms with van der Waals surface area (Å²) < 4.78 is 0. The van der Waals surface area contributed by atoms with Gasteiger partial charge in [-0.1, -0.05) is 0 Å². The Bertz CT molecular complexity index is 162. The van der Waals surface area contributed by atoms with Gasteiger partial charge in [0.25, 0.3) is 0 Å². The van der Waals surface area contributed by atoms with Gasteiger partial charge in [0.2, 0.25) is 5.91 Å². The maximum absolute atomic E-state index is 11.0. The number of hydrogen-bond acceptors (Lipinski definition) is 3. The van der Waals surface area contributed by atoms with Gasteiger partial charge in [0.1, 0.15) is 11.4 Å². The second kappa shape index (κ2) is 3.03. The van der Waals surface area contributed by atoms with Gasteiger partial charge in [0, 0.05) is 6.92 Å². The maximum Gasteiger partial charge on any atom is 0.223 e. The fourth-order valence-corrected chi connectivity index (χ4v) is 1.44. The third-order valence-electron chi connectivity index (χ3n) is 1.41. The van der Waals surface area contributed by atoms with Gasteiger partial charge >= 0.3 is 0 Å². The first kappa shape index (κ1) is 11.4. The molecule has 1 amide bonds. The van der Waals surface area contributed by atoms with E-state index in [-0.39, 0.29) is 5.91 Å². The van der Waals surface area contributed by atoms with Crippen LogP contribution in [0.15, 0.2) is 0 Å². The van der Waals surface area contributed by atoms with Gasteiger partial charge in [-0.25, -0.2) is 0 Å². The van der Waals surface area contributed by atoms with E-state index in [0.717, 1.165) is 4.90 Å². The molecular weight excluding hydrogens is 158 g/mol. The Hall–Kier alpha value is -0.610. The van der Waals surface area contributed by atoms with Crippen LogP contribution in [0.4, 0.5) is 0 Å². The van der Waals surface area contributed by atoms with Crippen molar-refractivity contribution in [3.8, 4) is 0 Å². The summed E-state index contributed by atoms with van der Waals surface area (Å²) in [6, 6.07) is 0. The molecule has 0 aromatic carbocycles. The quantitative estimate of drug-likeness (QED) is 0.593. The largest absolute Gasteiger partial charge is 0.371 e. The zero-order valence-electron chi connectivity index (χ0n) is 8.25. The lowest BCUT2D eigenvalue weighted by molar-refractivity contribution is -0.203. The Morgan fingerprint density at radius 1 is 1.08 bits per heavy atom. The van der Waals surface area contributed by atoms with Crippen molar-refractivity contribution in [1.29, 1.82) is 0 Å². The first-order valence-corrected chi connectivity index (χ1v) is 3.82. The Morgan fingerprint density at radius 3 is 1.33 bits per heavy atom. The second-order valence-corrected chi connectivity index (χ2v) is 3.84. The van der Waals surface area contributed by atoms with Crippen LogP contribution in [0.3, 0.4) is 0 Å². The average molecular weight is 175 g/mol. The van der Waals surface area contributed by atoms with Crippen LogP contribution in [0.5, 0.6) is 0 Å². The molecular formula is C8H17NO3. The summed E-state index contributed by atoms with van der Waals surface area (Å²) in [7, 11) is 0. The normalized spacial score (nSPS) is 12.9. The molecule has 0 spiro atoms. The van der Waals surface area contributed by atoms with Crippen molar-refractivity contribution in [2.24, 2.45) is 0 Å². The third-order valence-corrected chi connectivity index (χ3v) is 1.41. The SMILES string of the molecule is CC(=O)N(C(C)(C)O)C(C)(C)O. The van der Waals surface area contributed by atoms with Crippen LogP contribution in [0.2, 0.25) is 0 Å². The summed E-state index contributed by atoms with van der Waals surface area (Å²) in [4.78, 5) is 12.1. The molecule has 0 aliphatic rings. The third kappa shape index (κ3) is 2.79. The second-order valence-electron chi connectivity index (χ2n) is 3.84. The standard InChI is InChI=1S/C8H17NO3/c1-6(10)9(7(2,3)11)8(4,5)12/h11-12H,1-5H3. The number of rotatable bonds is 2. The molecule has 0 bridgehead atoms. The van der Waals surface area contributed by atoms with Gasteiger partial charge in [0.05, 0.1) is 0 Å². The van der Waals surface area contributed by atoms with Crippen LogP contribution in [-0.2, 0) is 4.79 Å². The highest BCUT2D eigenvalue weighted by molar-refractivity contribution is 5.74. The van der Waals surface area contributed by atoms with Gasteiger partial charge in [-0.15, -0.1) is 0 Å². The number of amides is 1. The average Bonchev–Trinajstić information content (AvgIpc) is 1.49. The number of carbonyl (C=O) groups excluding carboxylic acids is 1. The zero-order chi connectivity index (χ0) is 10.2. The molecule has 0 heterocycles. The van der Waals surface area contributed by atoms with Crippen LogP contribution in [0.1, 0.15) is 34.6 Å². The molecule has 2 N–H and O–H groups in total. The van der Waals surface area contributed by atoms with Crippen LogP contribution in [0, 0.1) is 0 Å². The highest BCUT2D eigenvalue weighted by Crippen LogP contribution is 2.20. The summed E-state index contributed by atoms with van der Waals surface area (Å²) in [5.41, 5.74) is -2.69. The summed E-state index contributed by atoms with van der Waals surface area (Å²) >= 11 is 0. The number of aliphatic hydroxyl groups is 2. The molecule has 0 saturated heterocycles. The fourth-order valence-electron chi connectivity index (χ4n) is 1.44. The van der Waals surface area contributed by atoms with Crippen molar-refractivity contribution in [2.75, 3.05) is 0 Å². The van der Waals surface area contributed by atoms with Crippen molar-refractivity contribution in [3.63, 3.8) is 0 Å². The van der Waals surface area contributed by atoms with Crippen LogP contribution in [-0.4, -0.2) is 32.5 Å². The van der Waals surface area contributed by atoms with Gasteiger partial charge in [0.15, 0.2) is 0 Å². The van der Waals surface area contributed by atoms with Crippen molar-refractivity contribution in [2.45, 2.75) is 46.1 Å². The molecule has 72 valence electrons. The first-order chi connectivity index (χ1) is 5.07. The molecule has 0 fully saturated rings. The first-order valence-electron chi connectivity index (χ1n) is 3.82. The molecule has 0 aromatic rings. The molecule has 0 atom stereocenters. The van der Waals surface area contributed by atoms with Gasteiger partial charge in [-0.05, 0) is 27.7 Å².